The van der Waals surface area contributed by atoms with Gasteiger partial charge in [0.1, 0.15) is 6.04 Å². The normalized spacial score (nSPS) is 24.6. The van der Waals surface area contributed by atoms with E-state index in [0.29, 0.717) is 35.2 Å². The first kappa shape index (κ1) is 19.9. The number of aromatic nitrogens is 1. The van der Waals surface area contributed by atoms with Crippen LogP contribution in [-0.4, -0.2) is 40.3 Å². The molecule has 3 N–H and O–H groups in total. The Morgan fingerprint density at radius 3 is 2.66 bits per heavy atom. The molecule has 6 nitrogen and oxygen atoms in total. The van der Waals surface area contributed by atoms with Crippen LogP contribution in [-0.2, 0) is 11.2 Å². The molecule has 1 aromatic carbocycles. The van der Waals surface area contributed by atoms with Gasteiger partial charge in [0.15, 0.2) is 0 Å². The first-order valence-electron chi connectivity index (χ1n) is 10.1. The van der Waals surface area contributed by atoms with Crippen molar-refractivity contribution in [1.82, 2.24) is 9.88 Å². The number of nitrogens with one attached hydrogen (secondary N) is 1. The molecule has 0 saturated heterocycles. The van der Waals surface area contributed by atoms with Gasteiger partial charge >= 0.3 is 0 Å². The summed E-state index contributed by atoms with van der Waals surface area (Å²) in [5.74, 6) is -0.0185. The molecule has 29 heavy (non-hydrogen) atoms. The lowest BCUT2D eigenvalue weighted by Gasteiger charge is -2.34. The highest BCUT2D eigenvalue weighted by molar-refractivity contribution is 6.31. The molecule has 1 aliphatic carbocycles. The summed E-state index contributed by atoms with van der Waals surface area (Å²) in [6, 6.07) is 10.2. The van der Waals surface area contributed by atoms with Crippen molar-refractivity contribution >= 4 is 29.1 Å². The number of rotatable bonds is 4. The third-order valence-corrected chi connectivity index (χ3v) is 6.12. The van der Waals surface area contributed by atoms with E-state index in [-0.39, 0.29) is 17.9 Å². The number of benzene rings is 1. The van der Waals surface area contributed by atoms with Crippen LogP contribution in [0.2, 0.25) is 5.02 Å². The SMILES string of the molecule is NC1CCC(CN2C(=O)c3ccc(Cl)cc3NC(=O)C2Cc2ccccn2)CC1. The molecule has 1 unspecified atom stereocenters. The molecule has 0 bridgehead atoms. The molecule has 1 aromatic heterocycles. The zero-order valence-corrected chi connectivity index (χ0v) is 16.9. The Balaban J connectivity index is 1.66. The summed E-state index contributed by atoms with van der Waals surface area (Å²) in [5.41, 5.74) is 7.76. The van der Waals surface area contributed by atoms with Gasteiger partial charge in [-0.25, -0.2) is 0 Å². The number of carbonyl (C=O) groups excluding carboxylic acids is 2. The fourth-order valence-corrected chi connectivity index (χ4v) is 4.41. The molecule has 2 amide bonds. The summed E-state index contributed by atoms with van der Waals surface area (Å²) >= 11 is 6.10. The van der Waals surface area contributed by atoms with Crippen LogP contribution >= 0.6 is 11.6 Å². The summed E-state index contributed by atoms with van der Waals surface area (Å²) in [4.78, 5) is 32.7. The Labute approximate surface area is 175 Å². The molecule has 1 fully saturated rings. The molecule has 7 heteroatoms. The average molecular weight is 413 g/mol. The summed E-state index contributed by atoms with van der Waals surface area (Å²) in [6.07, 6.45) is 5.91. The third-order valence-electron chi connectivity index (χ3n) is 5.88. The van der Waals surface area contributed by atoms with Crippen molar-refractivity contribution in [1.29, 1.82) is 0 Å². The molecule has 2 aliphatic rings. The summed E-state index contributed by atoms with van der Waals surface area (Å²) in [7, 11) is 0. The predicted molar refractivity (Wildman–Crippen MR) is 113 cm³/mol. The van der Waals surface area contributed by atoms with Crippen LogP contribution in [0.5, 0.6) is 0 Å². The second-order valence-corrected chi connectivity index (χ2v) is 8.39. The predicted octanol–water partition coefficient (Wildman–Crippen LogP) is 3.26. The standard InChI is InChI=1S/C22H25ClN4O2/c23-15-6-9-18-19(11-15)26-21(28)20(12-17-3-1-2-10-25-17)27(22(18)29)13-14-4-7-16(24)8-5-14/h1-3,6,9-11,14,16,20H,4-5,7-8,12-13,24H2,(H,26,28). The van der Waals surface area contributed by atoms with E-state index in [9.17, 15) is 9.59 Å². The second-order valence-electron chi connectivity index (χ2n) is 7.96. The van der Waals surface area contributed by atoms with Gasteiger partial charge in [-0.2, -0.15) is 0 Å². The van der Waals surface area contributed by atoms with Crippen LogP contribution in [0.15, 0.2) is 42.6 Å². The third kappa shape index (κ3) is 4.43. The maximum absolute atomic E-state index is 13.5. The topological polar surface area (TPSA) is 88.3 Å². The number of nitrogens with zero attached hydrogens (tertiary/aromatic N) is 2. The summed E-state index contributed by atoms with van der Waals surface area (Å²) < 4.78 is 0. The molecule has 2 heterocycles. The number of carbonyl (C=O) groups is 2. The number of hydrogen-bond acceptors (Lipinski definition) is 4. The lowest BCUT2D eigenvalue weighted by Crippen LogP contribution is -2.49. The smallest absolute Gasteiger partial charge is 0.256 e. The van der Waals surface area contributed by atoms with Gasteiger partial charge < -0.3 is 16.0 Å². The highest BCUT2D eigenvalue weighted by Gasteiger charge is 2.37. The molecular weight excluding hydrogens is 388 g/mol. The Morgan fingerprint density at radius 1 is 1.14 bits per heavy atom. The molecular formula is C22H25ClN4O2. The maximum atomic E-state index is 13.5. The Bertz CT molecular complexity index is 897. The number of halogens is 1. The molecule has 0 radical (unpaired) electrons. The number of pyridine rings is 1. The number of hydrogen-bond donors (Lipinski definition) is 2. The van der Waals surface area contributed by atoms with E-state index in [4.69, 9.17) is 17.3 Å². The molecule has 1 aliphatic heterocycles. The molecule has 1 saturated carbocycles. The quantitative estimate of drug-likeness (QED) is 0.806. The van der Waals surface area contributed by atoms with Crippen LogP contribution in [0.4, 0.5) is 5.69 Å². The van der Waals surface area contributed by atoms with E-state index < -0.39 is 6.04 Å². The lowest BCUT2D eigenvalue weighted by atomic mass is 9.85. The fourth-order valence-electron chi connectivity index (χ4n) is 4.24. The molecule has 152 valence electrons. The minimum absolute atomic E-state index is 0.147. The van der Waals surface area contributed by atoms with Gasteiger partial charge in [0.2, 0.25) is 5.91 Å². The van der Waals surface area contributed by atoms with Gasteiger partial charge in [0.05, 0.1) is 11.3 Å². The van der Waals surface area contributed by atoms with Crippen molar-refractivity contribution < 1.29 is 9.59 Å². The van der Waals surface area contributed by atoms with Crippen LogP contribution in [0, 0.1) is 5.92 Å². The van der Waals surface area contributed by atoms with Crippen molar-refractivity contribution in [2.75, 3.05) is 11.9 Å². The zero-order valence-electron chi connectivity index (χ0n) is 16.2. The van der Waals surface area contributed by atoms with Crippen LogP contribution < -0.4 is 11.1 Å². The van der Waals surface area contributed by atoms with Crippen LogP contribution in [0.3, 0.4) is 0 Å². The monoisotopic (exact) mass is 412 g/mol. The van der Waals surface area contributed by atoms with Gasteiger partial charge in [0.25, 0.3) is 5.91 Å². The van der Waals surface area contributed by atoms with Gasteiger partial charge in [-0.15, -0.1) is 0 Å². The van der Waals surface area contributed by atoms with Crippen molar-refractivity contribution in [3.63, 3.8) is 0 Å². The molecule has 4 rings (SSSR count). The highest BCUT2D eigenvalue weighted by Crippen LogP contribution is 2.30. The average Bonchev–Trinajstić information content (AvgIpc) is 2.80. The maximum Gasteiger partial charge on any atom is 0.256 e. The van der Waals surface area contributed by atoms with Crippen molar-refractivity contribution in [2.24, 2.45) is 11.7 Å². The Hall–Kier alpha value is -2.44. The van der Waals surface area contributed by atoms with Gasteiger partial charge in [0, 0.05) is 35.9 Å². The van der Waals surface area contributed by atoms with Gasteiger partial charge in [-0.3, -0.25) is 14.6 Å². The fraction of sp³-hybridized carbons (Fsp3) is 0.409. The number of fused-ring (bicyclic) bond motifs is 1. The lowest BCUT2D eigenvalue weighted by molar-refractivity contribution is -0.120. The molecule has 0 spiro atoms. The summed E-state index contributed by atoms with van der Waals surface area (Å²) in [5, 5.41) is 3.38. The van der Waals surface area contributed by atoms with E-state index >= 15 is 0 Å². The highest BCUT2D eigenvalue weighted by atomic mass is 35.5. The Kier molecular flexibility index (Phi) is 5.83. The molecule has 2 aromatic rings. The minimum Gasteiger partial charge on any atom is -0.328 e. The van der Waals surface area contributed by atoms with Gasteiger partial charge in [-0.1, -0.05) is 17.7 Å². The number of amides is 2. The van der Waals surface area contributed by atoms with Crippen LogP contribution in [0.1, 0.15) is 41.7 Å². The number of anilines is 1. The van der Waals surface area contributed by atoms with Crippen molar-refractivity contribution in [3.05, 3.63) is 58.9 Å². The number of nitrogens with two attached hydrogens (primary N) is 1. The van der Waals surface area contributed by atoms with E-state index in [0.717, 1.165) is 31.4 Å². The largest absolute Gasteiger partial charge is 0.328 e. The van der Waals surface area contributed by atoms with E-state index in [1.165, 1.54) is 0 Å². The first-order chi connectivity index (χ1) is 14.0. The zero-order chi connectivity index (χ0) is 20.4. The van der Waals surface area contributed by atoms with Crippen LogP contribution in [0.25, 0.3) is 0 Å². The minimum atomic E-state index is -0.626. The van der Waals surface area contributed by atoms with E-state index in [2.05, 4.69) is 10.3 Å². The van der Waals surface area contributed by atoms with E-state index in [1.54, 1.807) is 29.3 Å². The summed E-state index contributed by atoms with van der Waals surface area (Å²) in [6.45, 7) is 0.540. The van der Waals surface area contributed by atoms with Crippen molar-refractivity contribution in [3.8, 4) is 0 Å². The first-order valence-corrected chi connectivity index (χ1v) is 10.5. The van der Waals surface area contributed by atoms with E-state index in [1.807, 2.05) is 18.2 Å². The van der Waals surface area contributed by atoms with Crippen molar-refractivity contribution in [2.45, 2.75) is 44.2 Å². The van der Waals surface area contributed by atoms with Gasteiger partial charge in [-0.05, 0) is 61.9 Å². The second kappa shape index (κ2) is 8.51. The molecule has 1 atom stereocenters. The Morgan fingerprint density at radius 2 is 1.93 bits per heavy atom.